The maximum absolute atomic E-state index is 12.0. The molecule has 0 spiro atoms. The number of carbonyl (C=O) groups is 1. The molecule has 6 heteroatoms. The Balaban J connectivity index is 2.14. The number of benzene rings is 2. The van der Waals surface area contributed by atoms with E-state index in [0.29, 0.717) is 5.56 Å². The van der Waals surface area contributed by atoms with Gasteiger partial charge in [0, 0.05) is 18.1 Å². The highest BCUT2D eigenvalue weighted by atomic mass is 16.6. The van der Waals surface area contributed by atoms with Crippen LogP contribution in [0.3, 0.4) is 0 Å². The fraction of sp³-hybridized carbons (Fsp3) is 0.133. The van der Waals surface area contributed by atoms with E-state index < -0.39 is 22.5 Å². The van der Waals surface area contributed by atoms with Crippen molar-refractivity contribution in [2.75, 3.05) is 0 Å². The van der Waals surface area contributed by atoms with E-state index in [1.54, 1.807) is 30.3 Å². The number of hydrogen-bond donors (Lipinski definition) is 2. The summed E-state index contributed by atoms with van der Waals surface area (Å²) < 4.78 is 0. The monoisotopic (exact) mass is 287 g/mol. The van der Waals surface area contributed by atoms with Crippen molar-refractivity contribution in [3.8, 4) is 5.75 Å². The second-order valence-corrected chi connectivity index (χ2v) is 4.51. The summed E-state index contributed by atoms with van der Waals surface area (Å²) in [5.74, 6) is -0.787. The molecule has 0 fully saturated rings. The first-order chi connectivity index (χ1) is 9.99. The molecule has 6 nitrogen and oxygen atoms in total. The highest BCUT2D eigenvalue weighted by Gasteiger charge is 2.19. The van der Waals surface area contributed by atoms with Gasteiger partial charge in [-0.1, -0.05) is 30.3 Å². The van der Waals surface area contributed by atoms with Crippen LogP contribution in [0.15, 0.2) is 48.5 Å². The van der Waals surface area contributed by atoms with Crippen LogP contribution in [-0.2, 0) is 0 Å². The minimum Gasteiger partial charge on any atom is -0.502 e. The predicted octanol–water partition coefficient (Wildman–Crippen LogP) is 2.61. The van der Waals surface area contributed by atoms with E-state index in [2.05, 4.69) is 0 Å². The van der Waals surface area contributed by atoms with E-state index in [-0.39, 0.29) is 17.8 Å². The fourth-order valence-corrected chi connectivity index (χ4v) is 1.94. The third kappa shape index (κ3) is 3.43. The smallest absolute Gasteiger partial charge is 0.310 e. The molecule has 0 saturated heterocycles. The maximum atomic E-state index is 12.0. The highest BCUT2D eigenvalue weighted by Crippen LogP contribution is 2.30. The number of hydrogen-bond acceptors (Lipinski definition) is 5. The summed E-state index contributed by atoms with van der Waals surface area (Å²) in [5, 5.41) is 30.1. The molecule has 2 aromatic rings. The van der Waals surface area contributed by atoms with E-state index in [1.165, 1.54) is 6.07 Å². The Morgan fingerprint density at radius 3 is 2.43 bits per heavy atom. The van der Waals surface area contributed by atoms with Crippen molar-refractivity contribution >= 4 is 11.5 Å². The Kier molecular flexibility index (Phi) is 4.30. The summed E-state index contributed by atoms with van der Waals surface area (Å²) in [5.41, 5.74) is 0.283. The van der Waals surface area contributed by atoms with E-state index in [9.17, 15) is 25.1 Å². The molecule has 0 saturated carbocycles. The number of rotatable bonds is 5. The quantitative estimate of drug-likeness (QED) is 0.500. The Labute approximate surface area is 120 Å². The van der Waals surface area contributed by atoms with Crippen molar-refractivity contribution in [3.63, 3.8) is 0 Å². The lowest BCUT2D eigenvalue weighted by Crippen LogP contribution is -2.07. The summed E-state index contributed by atoms with van der Waals surface area (Å²) in [4.78, 5) is 21.8. The number of aliphatic hydroxyl groups excluding tert-OH is 1. The van der Waals surface area contributed by atoms with Gasteiger partial charge in [-0.25, -0.2) is 0 Å². The minimum absolute atomic E-state index is 0.165. The molecule has 108 valence electrons. The molecule has 0 aliphatic rings. The van der Waals surface area contributed by atoms with Gasteiger partial charge < -0.3 is 10.2 Å². The first-order valence-electron chi connectivity index (χ1n) is 6.22. The first kappa shape index (κ1) is 14.7. The zero-order valence-corrected chi connectivity index (χ0v) is 11.0. The van der Waals surface area contributed by atoms with Gasteiger partial charge in [-0.15, -0.1) is 0 Å². The average Bonchev–Trinajstić information content (AvgIpc) is 2.47. The van der Waals surface area contributed by atoms with Crippen LogP contribution in [0.4, 0.5) is 5.69 Å². The van der Waals surface area contributed by atoms with Crippen molar-refractivity contribution in [3.05, 3.63) is 69.8 Å². The van der Waals surface area contributed by atoms with Gasteiger partial charge in [0.1, 0.15) is 0 Å². The Hall–Kier alpha value is -2.73. The van der Waals surface area contributed by atoms with E-state index in [1.807, 2.05) is 0 Å². The lowest BCUT2D eigenvalue weighted by Gasteiger charge is -2.10. The van der Waals surface area contributed by atoms with Crippen LogP contribution in [0.5, 0.6) is 5.75 Å². The van der Waals surface area contributed by atoms with E-state index in [4.69, 9.17) is 0 Å². The molecule has 0 aliphatic carbocycles. The number of aromatic hydroxyl groups is 1. The molecule has 0 amide bonds. The van der Waals surface area contributed by atoms with E-state index >= 15 is 0 Å². The van der Waals surface area contributed by atoms with Crippen LogP contribution in [0.2, 0.25) is 0 Å². The molecule has 0 bridgehead atoms. The molecule has 0 aromatic heterocycles. The van der Waals surface area contributed by atoms with Crippen LogP contribution in [0.1, 0.15) is 28.4 Å². The maximum Gasteiger partial charge on any atom is 0.310 e. The molecule has 0 heterocycles. The summed E-state index contributed by atoms with van der Waals surface area (Å²) in [6, 6.07) is 12.0. The second kappa shape index (κ2) is 6.15. The summed E-state index contributed by atoms with van der Waals surface area (Å²) >= 11 is 0. The van der Waals surface area contributed by atoms with Gasteiger partial charge >= 0.3 is 5.69 Å². The standard InChI is InChI=1S/C15H13NO5/c17-13(10-4-2-1-3-5-10)9-14(18)11-6-7-12(16(20)21)15(19)8-11/h1-8,14,18-19H,9H2. The van der Waals surface area contributed by atoms with Crippen LogP contribution >= 0.6 is 0 Å². The number of Topliss-reactive ketones (excluding diaryl/α,β-unsaturated/α-hetero) is 1. The van der Waals surface area contributed by atoms with E-state index in [0.717, 1.165) is 12.1 Å². The highest BCUT2D eigenvalue weighted by molar-refractivity contribution is 5.96. The topological polar surface area (TPSA) is 101 Å². The Bertz CT molecular complexity index is 669. The van der Waals surface area contributed by atoms with Crippen molar-refractivity contribution < 1.29 is 19.9 Å². The Morgan fingerprint density at radius 1 is 1.19 bits per heavy atom. The normalized spacial score (nSPS) is 11.9. The molecule has 1 atom stereocenters. The van der Waals surface area contributed by atoms with Gasteiger partial charge in [-0.2, -0.15) is 0 Å². The number of phenols is 1. The summed E-state index contributed by atoms with van der Waals surface area (Å²) in [6.07, 6.45) is -1.30. The molecular formula is C15H13NO5. The molecule has 2 rings (SSSR count). The fourth-order valence-electron chi connectivity index (χ4n) is 1.94. The van der Waals surface area contributed by atoms with Gasteiger partial charge in [-0.05, 0) is 17.7 Å². The first-order valence-corrected chi connectivity index (χ1v) is 6.22. The number of phenolic OH excluding ortho intramolecular Hbond substituents is 1. The zero-order valence-electron chi connectivity index (χ0n) is 11.0. The van der Waals surface area contributed by atoms with Crippen molar-refractivity contribution in [2.45, 2.75) is 12.5 Å². The lowest BCUT2D eigenvalue weighted by atomic mass is 10.00. The molecule has 2 N–H and O–H groups in total. The van der Waals surface area contributed by atoms with Gasteiger partial charge in [0.2, 0.25) is 0 Å². The van der Waals surface area contributed by atoms with Crippen LogP contribution < -0.4 is 0 Å². The predicted molar refractivity (Wildman–Crippen MR) is 75.1 cm³/mol. The largest absolute Gasteiger partial charge is 0.502 e. The number of nitrogens with zero attached hydrogens (tertiary/aromatic N) is 1. The number of nitro groups is 1. The third-order valence-corrected chi connectivity index (χ3v) is 3.06. The zero-order chi connectivity index (χ0) is 15.4. The summed E-state index contributed by atoms with van der Waals surface area (Å²) in [7, 11) is 0. The van der Waals surface area contributed by atoms with Crippen molar-refractivity contribution in [1.82, 2.24) is 0 Å². The Morgan fingerprint density at radius 2 is 1.86 bits per heavy atom. The number of aliphatic hydroxyl groups is 1. The van der Waals surface area contributed by atoms with Crippen LogP contribution in [0, 0.1) is 10.1 Å². The molecular weight excluding hydrogens is 274 g/mol. The molecule has 2 aromatic carbocycles. The van der Waals surface area contributed by atoms with Gasteiger partial charge in [0.15, 0.2) is 11.5 Å². The van der Waals surface area contributed by atoms with Crippen LogP contribution in [-0.4, -0.2) is 20.9 Å². The van der Waals surface area contributed by atoms with Gasteiger partial charge in [0.05, 0.1) is 11.0 Å². The average molecular weight is 287 g/mol. The minimum atomic E-state index is -1.13. The number of ketones is 1. The molecule has 0 radical (unpaired) electrons. The molecule has 1 unspecified atom stereocenters. The number of nitro benzene ring substituents is 1. The van der Waals surface area contributed by atoms with Gasteiger partial charge in [0.25, 0.3) is 0 Å². The summed E-state index contributed by atoms with van der Waals surface area (Å²) in [6.45, 7) is 0. The molecule has 0 aliphatic heterocycles. The number of carbonyl (C=O) groups excluding carboxylic acids is 1. The van der Waals surface area contributed by atoms with Crippen molar-refractivity contribution in [2.24, 2.45) is 0 Å². The molecule has 21 heavy (non-hydrogen) atoms. The second-order valence-electron chi connectivity index (χ2n) is 4.51. The van der Waals surface area contributed by atoms with Crippen molar-refractivity contribution in [1.29, 1.82) is 0 Å². The van der Waals surface area contributed by atoms with Gasteiger partial charge in [-0.3, -0.25) is 14.9 Å². The lowest BCUT2D eigenvalue weighted by molar-refractivity contribution is -0.385. The SMILES string of the molecule is O=C(CC(O)c1ccc([N+](=O)[O-])c(O)c1)c1ccccc1. The van der Waals surface area contributed by atoms with Crippen LogP contribution in [0.25, 0.3) is 0 Å². The third-order valence-electron chi connectivity index (χ3n) is 3.06.